The molecule has 1 N–H and O–H groups in total. The van der Waals surface area contributed by atoms with E-state index < -0.39 is 0 Å². The zero-order chi connectivity index (χ0) is 10.5. The van der Waals surface area contributed by atoms with E-state index in [2.05, 4.69) is 41.5 Å². The second-order valence-electron chi connectivity index (χ2n) is 3.90. The van der Waals surface area contributed by atoms with E-state index in [1.807, 2.05) is 17.8 Å². The van der Waals surface area contributed by atoms with Gasteiger partial charge < -0.3 is 5.32 Å². The lowest BCUT2D eigenvalue weighted by atomic mass is 10.2. The van der Waals surface area contributed by atoms with E-state index in [0.29, 0.717) is 0 Å². The minimum atomic E-state index is 0.720. The van der Waals surface area contributed by atoms with Crippen LogP contribution in [0.1, 0.15) is 12.5 Å². The van der Waals surface area contributed by atoms with E-state index in [1.165, 1.54) is 11.3 Å². The Balaban J connectivity index is 1.84. The molecule has 1 aromatic rings. The van der Waals surface area contributed by atoms with Gasteiger partial charge in [-0.05, 0) is 11.5 Å². The van der Waals surface area contributed by atoms with Gasteiger partial charge in [0.25, 0.3) is 0 Å². The van der Waals surface area contributed by atoms with Gasteiger partial charge in [0.1, 0.15) is 0 Å². The first kappa shape index (κ1) is 10.6. The minimum Gasteiger partial charge on any atom is -0.361 e. The fourth-order valence-corrected chi connectivity index (χ4v) is 2.33. The molecule has 0 aliphatic carbocycles. The van der Waals surface area contributed by atoms with Crippen LogP contribution < -0.4 is 5.32 Å². The van der Waals surface area contributed by atoms with Crippen LogP contribution in [0.5, 0.6) is 0 Å². The number of benzene rings is 1. The number of nitrogens with zero attached hydrogens (tertiary/aromatic N) is 1. The lowest BCUT2D eigenvalue weighted by molar-refractivity contribution is 0.669. The molecule has 2 nitrogen and oxygen atoms in total. The van der Waals surface area contributed by atoms with E-state index in [1.54, 1.807) is 0 Å². The first-order valence-corrected chi connectivity index (χ1v) is 6.28. The molecule has 0 spiro atoms. The zero-order valence-electron chi connectivity index (χ0n) is 8.94. The van der Waals surface area contributed by atoms with Crippen molar-refractivity contribution in [3.63, 3.8) is 0 Å². The molecule has 1 aliphatic rings. The van der Waals surface area contributed by atoms with Gasteiger partial charge >= 0.3 is 0 Å². The Kier molecular flexibility index (Phi) is 3.67. The minimum absolute atomic E-state index is 0.720. The van der Waals surface area contributed by atoms with Crippen LogP contribution in [0, 0.1) is 5.92 Å². The molecule has 0 amide bonds. The molecule has 0 saturated heterocycles. The first-order chi connectivity index (χ1) is 7.34. The Hall–Kier alpha value is -0.960. The van der Waals surface area contributed by atoms with Crippen molar-refractivity contribution in [2.45, 2.75) is 13.5 Å². The fourth-order valence-electron chi connectivity index (χ4n) is 1.44. The summed E-state index contributed by atoms with van der Waals surface area (Å²) in [6.45, 7) is 4.08. The molecule has 0 saturated carbocycles. The van der Waals surface area contributed by atoms with Gasteiger partial charge in [-0.15, -0.1) is 0 Å². The highest BCUT2D eigenvalue weighted by molar-refractivity contribution is 8.13. The molecule has 1 heterocycles. The number of hydrogen-bond donors (Lipinski definition) is 1. The van der Waals surface area contributed by atoms with Crippen molar-refractivity contribution in [3.8, 4) is 0 Å². The molecule has 1 aliphatic heterocycles. The van der Waals surface area contributed by atoms with Crippen LogP contribution in [-0.4, -0.2) is 17.5 Å². The lowest BCUT2D eigenvalue weighted by Gasteiger charge is -2.17. The van der Waals surface area contributed by atoms with Crippen LogP contribution in [0.2, 0.25) is 0 Å². The predicted octanol–water partition coefficient (Wildman–Crippen LogP) is 2.52. The van der Waals surface area contributed by atoms with Gasteiger partial charge in [-0.3, -0.25) is 4.99 Å². The summed E-state index contributed by atoms with van der Waals surface area (Å²) in [6.07, 6.45) is 0. The van der Waals surface area contributed by atoms with Crippen molar-refractivity contribution in [1.29, 1.82) is 0 Å². The molecule has 0 aromatic heterocycles. The average Bonchev–Trinajstić information content (AvgIpc) is 2.30. The van der Waals surface area contributed by atoms with Crippen molar-refractivity contribution in [1.82, 2.24) is 5.32 Å². The van der Waals surface area contributed by atoms with E-state index >= 15 is 0 Å². The second kappa shape index (κ2) is 5.21. The Labute approximate surface area is 95.2 Å². The van der Waals surface area contributed by atoms with Crippen LogP contribution in [-0.2, 0) is 6.54 Å². The third-order valence-electron chi connectivity index (χ3n) is 2.34. The number of rotatable bonds is 2. The maximum atomic E-state index is 4.49. The number of nitrogens with one attached hydrogen (secondary N) is 1. The third kappa shape index (κ3) is 3.27. The maximum Gasteiger partial charge on any atom is 0.156 e. The Morgan fingerprint density at radius 2 is 2.20 bits per heavy atom. The molecule has 15 heavy (non-hydrogen) atoms. The Morgan fingerprint density at radius 3 is 2.87 bits per heavy atom. The smallest absolute Gasteiger partial charge is 0.156 e. The van der Waals surface area contributed by atoms with Gasteiger partial charge in [0, 0.05) is 18.8 Å². The molecule has 3 heteroatoms. The molecule has 0 bridgehead atoms. The van der Waals surface area contributed by atoms with Crippen molar-refractivity contribution in [2.24, 2.45) is 10.9 Å². The molecular weight excluding hydrogens is 204 g/mol. The van der Waals surface area contributed by atoms with Crippen molar-refractivity contribution < 1.29 is 0 Å². The molecule has 1 aromatic carbocycles. The average molecular weight is 220 g/mol. The fraction of sp³-hybridized carbons (Fsp3) is 0.417. The summed E-state index contributed by atoms with van der Waals surface area (Å²) in [5.74, 6) is 1.90. The van der Waals surface area contributed by atoms with Crippen LogP contribution in [0.4, 0.5) is 0 Å². The first-order valence-electron chi connectivity index (χ1n) is 5.29. The van der Waals surface area contributed by atoms with Crippen LogP contribution in [0.3, 0.4) is 0 Å². The van der Waals surface area contributed by atoms with Gasteiger partial charge in [-0.25, -0.2) is 0 Å². The summed E-state index contributed by atoms with van der Waals surface area (Å²) in [5.41, 5.74) is 1.31. The van der Waals surface area contributed by atoms with E-state index in [4.69, 9.17) is 0 Å². The summed E-state index contributed by atoms with van der Waals surface area (Å²) in [6, 6.07) is 10.4. The summed E-state index contributed by atoms with van der Waals surface area (Å²) in [7, 11) is 0. The normalized spacial score (nSPS) is 20.9. The second-order valence-corrected chi connectivity index (χ2v) is 4.91. The molecule has 1 atom stereocenters. The van der Waals surface area contributed by atoms with E-state index in [-0.39, 0.29) is 0 Å². The standard InChI is InChI=1S/C12H16N2S/c1-10-7-13-12(15-9-10)14-8-11-5-3-2-4-6-11/h2-6,10H,7-9H2,1H3,(H,13,14). The summed E-state index contributed by atoms with van der Waals surface area (Å²) in [5, 5.41) is 4.47. The van der Waals surface area contributed by atoms with Crippen molar-refractivity contribution in [3.05, 3.63) is 35.9 Å². The van der Waals surface area contributed by atoms with Gasteiger partial charge in [0.05, 0.1) is 0 Å². The lowest BCUT2D eigenvalue weighted by Crippen LogP contribution is -2.25. The maximum absolute atomic E-state index is 4.49. The highest BCUT2D eigenvalue weighted by atomic mass is 32.2. The molecule has 0 radical (unpaired) electrons. The number of thioether (sulfide) groups is 1. The quantitative estimate of drug-likeness (QED) is 0.828. The van der Waals surface area contributed by atoms with E-state index in [9.17, 15) is 0 Å². The van der Waals surface area contributed by atoms with Gasteiger partial charge in [-0.1, -0.05) is 49.0 Å². The molecule has 80 valence electrons. The summed E-state index contributed by atoms with van der Waals surface area (Å²) in [4.78, 5) is 4.49. The molecular formula is C12H16N2S. The van der Waals surface area contributed by atoms with Gasteiger partial charge in [0.2, 0.25) is 0 Å². The van der Waals surface area contributed by atoms with Gasteiger partial charge in [-0.2, -0.15) is 0 Å². The Morgan fingerprint density at radius 1 is 1.40 bits per heavy atom. The zero-order valence-corrected chi connectivity index (χ0v) is 9.76. The summed E-state index contributed by atoms with van der Waals surface area (Å²) < 4.78 is 0. The molecule has 2 rings (SSSR count). The van der Waals surface area contributed by atoms with E-state index in [0.717, 1.165) is 24.2 Å². The highest BCUT2D eigenvalue weighted by Crippen LogP contribution is 2.15. The largest absolute Gasteiger partial charge is 0.361 e. The monoisotopic (exact) mass is 220 g/mol. The number of hydrogen-bond acceptors (Lipinski definition) is 3. The summed E-state index contributed by atoms with van der Waals surface area (Å²) >= 11 is 1.83. The van der Waals surface area contributed by atoms with Crippen molar-refractivity contribution >= 4 is 16.9 Å². The Bertz CT molecular complexity index is 335. The number of aliphatic imine (C=N–C) groups is 1. The third-order valence-corrected chi connectivity index (χ3v) is 3.62. The highest BCUT2D eigenvalue weighted by Gasteiger charge is 2.11. The predicted molar refractivity (Wildman–Crippen MR) is 67.2 cm³/mol. The van der Waals surface area contributed by atoms with Crippen LogP contribution >= 0.6 is 11.8 Å². The van der Waals surface area contributed by atoms with Gasteiger partial charge in [0.15, 0.2) is 5.17 Å². The van der Waals surface area contributed by atoms with Crippen LogP contribution in [0.15, 0.2) is 35.3 Å². The van der Waals surface area contributed by atoms with Crippen LogP contribution in [0.25, 0.3) is 0 Å². The molecule has 0 fully saturated rings. The topological polar surface area (TPSA) is 24.4 Å². The SMILES string of the molecule is CC1CN=C(NCc2ccccc2)SC1. The van der Waals surface area contributed by atoms with Crippen molar-refractivity contribution in [2.75, 3.05) is 12.3 Å². The molecule has 1 unspecified atom stereocenters. The number of amidine groups is 1.